The quantitative estimate of drug-likeness (QED) is 0.749. The fourth-order valence-electron chi connectivity index (χ4n) is 2.67. The minimum atomic E-state index is -0.808. The molecule has 0 spiro atoms. The summed E-state index contributed by atoms with van der Waals surface area (Å²) in [7, 11) is 1.53. The fourth-order valence-corrected chi connectivity index (χ4v) is 3.72. The number of carbonyl (C=O) groups excluding carboxylic acids is 2. The number of aryl methyl sites for hydroxylation is 1. The molecule has 0 radical (unpaired) electrons. The van der Waals surface area contributed by atoms with Gasteiger partial charge >= 0.3 is 0 Å². The summed E-state index contributed by atoms with van der Waals surface area (Å²) in [5, 5.41) is 0.301. The summed E-state index contributed by atoms with van der Waals surface area (Å²) >= 11 is 1.07. The maximum Gasteiger partial charge on any atom is 0.263 e. The maximum absolute atomic E-state index is 13.0. The van der Waals surface area contributed by atoms with E-state index in [1.54, 1.807) is 13.8 Å². The van der Waals surface area contributed by atoms with Crippen LogP contribution in [0, 0.1) is 6.92 Å². The van der Waals surface area contributed by atoms with E-state index in [9.17, 15) is 14.4 Å². The molecule has 4 N–H and O–H groups in total. The van der Waals surface area contributed by atoms with E-state index < -0.39 is 23.4 Å². The molecule has 0 fully saturated rings. The molecule has 130 valence electrons. The molecule has 0 aromatic carbocycles. The van der Waals surface area contributed by atoms with E-state index in [1.165, 1.54) is 11.7 Å². The molecular weight excluding hydrogens is 332 g/mol. The fraction of sp³-hybridized carbons (Fsp3) is 0.467. The number of fused-ring (bicyclic) bond motifs is 1. The standard InChI is InChI=1S/C15H20N4O4S/c1-4-8(12(16)20)19-9(5-6-23-3)18-14-10(15(19)22)7(2)11(24-14)13(17)21/h8H,4-6H2,1-3H3,(H2,16,20)(H2,17,21). The van der Waals surface area contributed by atoms with Gasteiger partial charge < -0.3 is 16.2 Å². The first-order valence-corrected chi connectivity index (χ1v) is 8.27. The molecule has 1 atom stereocenters. The highest BCUT2D eigenvalue weighted by Crippen LogP contribution is 2.28. The normalized spacial score (nSPS) is 12.5. The lowest BCUT2D eigenvalue weighted by Crippen LogP contribution is -2.36. The van der Waals surface area contributed by atoms with Crippen LogP contribution in [-0.4, -0.2) is 35.1 Å². The lowest BCUT2D eigenvalue weighted by atomic mass is 10.1. The summed E-state index contributed by atoms with van der Waals surface area (Å²) in [5.41, 5.74) is 10.9. The summed E-state index contributed by atoms with van der Waals surface area (Å²) in [5.74, 6) is -0.818. The second-order valence-electron chi connectivity index (χ2n) is 5.37. The van der Waals surface area contributed by atoms with E-state index in [4.69, 9.17) is 16.2 Å². The zero-order valence-corrected chi connectivity index (χ0v) is 14.6. The van der Waals surface area contributed by atoms with Gasteiger partial charge in [0.2, 0.25) is 5.91 Å². The number of aromatic nitrogens is 2. The second kappa shape index (κ2) is 7.10. The number of rotatable bonds is 7. The molecule has 8 nitrogen and oxygen atoms in total. The van der Waals surface area contributed by atoms with Crippen LogP contribution in [0.15, 0.2) is 4.79 Å². The Labute approximate surface area is 142 Å². The average Bonchev–Trinajstić information content (AvgIpc) is 2.85. The molecule has 2 amide bonds. The lowest BCUT2D eigenvalue weighted by molar-refractivity contribution is -0.121. The molecule has 0 bridgehead atoms. The molecule has 24 heavy (non-hydrogen) atoms. The zero-order chi connectivity index (χ0) is 18.0. The molecule has 0 aliphatic rings. The van der Waals surface area contributed by atoms with Crippen LogP contribution in [0.2, 0.25) is 0 Å². The summed E-state index contributed by atoms with van der Waals surface area (Å²) in [6.45, 7) is 3.74. The lowest BCUT2D eigenvalue weighted by Gasteiger charge is -2.19. The number of methoxy groups -OCH3 is 1. The molecule has 2 rings (SSSR count). The second-order valence-corrected chi connectivity index (χ2v) is 6.37. The van der Waals surface area contributed by atoms with Crippen molar-refractivity contribution in [1.82, 2.24) is 9.55 Å². The Morgan fingerprint density at radius 1 is 1.38 bits per heavy atom. The van der Waals surface area contributed by atoms with Gasteiger partial charge in [-0.15, -0.1) is 11.3 Å². The Hall–Kier alpha value is -2.26. The third-order valence-electron chi connectivity index (χ3n) is 3.85. The maximum atomic E-state index is 13.0. The van der Waals surface area contributed by atoms with Crippen LogP contribution >= 0.6 is 11.3 Å². The monoisotopic (exact) mass is 352 g/mol. The van der Waals surface area contributed by atoms with Gasteiger partial charge in [0.1, 0.15) is 16.7 Å². The van der Waals surface area contributed by atoms with Gasteiger partial charge in [0.25, 0.3) is 11.5 Å². The number of primary amides is 2. The highest BCUT2D eigenvalue weighted by atomic mass is 32.1. The van der Waals surface area contributed by atoms with Crippen molar-refractivity contribution >= 4 is 33.4 Å². The SMILES string of the molecule is CCC(C(N)=O)n1c(CCOC)nc2sc(C(N)=O)c(C)c2c1=O. The van der Waals surface area contributed by atoms with E-state index in [1.807, 2.05) is 0 Å². The molecular formula is C15H20N4O4S. The molecule has 2 aromatic rings. The van der Waals surface area contributed by atoms with Gasteiger partial charge in [-0.25, -0.2) is 4.98 Å². The van der Waals surface area contributed by atoms with E-state index in [0.29, 0.717) is 41.1 Å². The molecule has 1 unspecified atom stereocenters. The first-order valence-electron chi connectivity index (χ1n) is 7.46. The van der Waals surface area contributed by atoms with Gasteiger partial charge in [0.05, 0.1) is 16.9 Å². The van der Waals surface area contributed by atoms with Crippen LogP contribution in [0.25, 0.3) is 10.2 Å². The number of ether oxygens (including phenoxy) is 1. The van der Waals surface area contributed by atoms with Crippen LogP contribution in [0.5, 0.6) is 0 Å². The first-order chi connectivity index (χ1) is 11.3. The third kappa shape index (κ3) is 3.04. The van der Waals surface area contributed by atoms with Crippen LogP contribution in [0.4, 0.5) is 0 Å². The van der Waals surface area contributed by atoms with Gasteiger partial charge in [0, 0.05) is 13.5 Å². The molecule has 0 saturated carbocycles. The number of amides is 2. The van der Waals surface area contributed by atoms with Crippen LogP contribution in [0.1, 0.15) is 40.4 Å². The van der Waals surface area contributed by atoms with Crippen molar-refractivity contribution in [2.45, 2.75) is 32.7 Å². The Morgan fingerprint density at radius 3 is 2.54 bits per heavy atom. The Bertz CT molecular complexity index is 855. The van der Waals surface area contributed by atoms with Crippen molar-refractivity contribution < 1.29 is 14.3 Å². The minimum Gasteiger partial charge on any atom is -0.384 e. The average molecular weight is 352 g/mol. The molecule has 0 saturated heterocycles. The predicted molar refractivity (Wildman–Crippen MR) is 91.2 cm³/mol. The largest absolute Gasteiger partial charge is 0.384 e. The van der Waals surface area contributed by atoms with E-state index >= 15 is 0 Å². The summed E-state index contributed by atoms with van der Waals surface area (Å²) in [6, 6.07) is -0.808. The Balaban J connectivity index is 2.83. The van der Waals surface area contributed by atoms with Gasteiger partial charge in [-0.2, -0.15) is 0 Å². The molecule has 2 heterocycles. The number of nitrogens with two attached hydrogens (primary N) is 2. The summed E-state index contributed by atoms with van der Waals surface area (Å²) in [6.07, 6.45) is 0.697. The van der Waals surface area contributed by atoms with Crippen LogP contribution < -0.4 is 17.0 Å². The van der Waals surface area contributed by atoms with Crippen molar-refractivity contribution in [3.8, 4) is 0 Å². The van der Waals surface area contributed by atoms with Gasteiger partial charge in [-0.1, -0.05) is 6.92 Å². The highest BCUT2D eigenvalue weighted by molar-refractivity contribution is 7.20. The third-order valence-corrected chi connectivity index (χ3v) is 5.05. The number of carbonyl (C=O) groups is 2. The Morgan fingerprint density at radius 2 is 2.04 bits per heavy atom. The Kier molecular flexibility index (Phi) is 5.35. The van der Waals surface area contributed by atoms with Crippen LogP contribution in [-0.2, 0) is 16.0 Å². The number of hydrogen-bond donors (Lipinski definition) is 2. The van der Waals surface area contributed by atoms with Gasteiger partial charge in [0.15, 0.2) is 0 Å². The first kappa shape index (κ1) is 18.1. The molecule has 0 aliphatic heterocycles. The zero-order valence-electron chi connectivity index (χ0n) is 13.8. The smallest absolute Gasteiger partial charge is 0.263 e. The van der Waals surface area contributed by atoms with Crippen molar-refractivity contribution in [2.24, 2.45) is 11.5 Å². The van der Waals surface area contributed by atoms with E-state index in [0.717, 1.165) is 11.3 Å². The minimum absolute atomic E-state index is 0.289. The predicted octanol–water partition coefficient (Wildman–Crippen LogP) is 0.491. The molecule has 0 aliphatic carbocycles. The van der Waals surface area contributed by atoms with Crippen molar-refractivity contribution in [2.75, 3.05) is 13.7 Å². The topological polar surface area (TPSA) is 130 Å². The number of hydrogen-bond acceptors (Lipinski definition) is 6. The van der Waals surface area contributed by atoms with Gasteiger partial charge in [-0.3, -0.25) is 19.0 Å². The van der Waals surface area contributed by atoms with E-state index in [-0.39, 0.29) is 4.88 Å². The van der Waals surface area contributed by atoms with Crippen molar-refractivity contribution in [1.29, 1.82) is 0 Å². The number of nitrogens with zero attached hydrogens (tertiary/aromatic N) is 2. The molecule has 9 heteroatoms. The molecule has 2 aromatic heterocycles. The van der Waals surface area contributed by atoms with Crippen molar-refractivity contribution in [3.63, 3.8) is 0 Å². The van der Waals surface area contributed by atoms with Gasteiger partial charge in [-0.05, 0) is 18.9 Å². The summed E-state index contributed by atoms with van der Waals surface area (Å²) in [4.78, 5) is 41.5. The van der Waals surface area contributed by atoms with Crippen molar-refractivity contribution in [3.05, 3.63) is 26.6 Å². The summed E-state index contributed by atoms with van der Waals surface area (Å²) < 4.78 is 6.37. The number of thiophene rings is 1. The highest BCUT2D eigenvalue weighted by Gasteiger charge is 2.25. The van der Waals surface area contributed by atoms with E-state index in [2.05, 4.69) is 4.98 Å². The van der Waals surface area contributed by atoms with Crippen LogP contribution in [0.3, 0.4) is 0 Å².